The number of aromatic nitrogens is 3. The molecule has 0 spiro atoms. The number of carbonyl (C=O) groups excluding carboxylic acids is 1. The van der Waals surface area contributed by atoms with Crippen LogP contribution in [0.5, 0.6) is 0 Å². The number of hydrogen-bond donors (Lipinski definition) is 2. The highest BCUT2D eigenvalue weighted by Crippen LogP contribution is 2.25. The number of anilines is 2. The van der Waals surface area contributed by atoms with Crippen molar-refractivity contribution in [2.24, 2.45) is 0 Å². The normalized spacial score (nSPS) is 16.7. The zero-order valence-corrected chi connectivity index (χ0v) is 16.5. The highest BCUT2D eigenvalue weighted by atomic mass is 19.1. The zero-order chi connectivity index (χ0) is 21.4. The van der Waals surface area contributed by atoms with Crippen LogP contribution in [0.4, 0.5) is 20.6 Å². The van der Waals surface area contributed by atoms with E-state index >= 15 is 0 Å². The van der Waals surface area contributed by atoms with Gasteiger partial charge in [0.05, 0.1) is 17.6 Å². The van der Waals surface area contributed by atoms with Gasteiger partial charge in [-0.3, -0.25) is 4.79 Å². The molecule has 1 aliphatic rings. The van der Waals surface area contributed by atoms with Crippen molar-refractivity contribution in [1.29, 1.82) is 0 Å². The minimum Gasteiger partial charge on any atom is -0.465 e. The average Bonchev–Trinajstić information content (AvgIpc) is 3.08. The summed E-state index contributed by atoms with van der Waals surface area (Å²) in [5.41, 5.74) is 2.24. The van der Waals surface area contributed by atoms with Crippen LogP contribution in [0, 0.1) is 12.7 Å². The molecule has 0 saturated carbocycles. The van der Waals surface area contributed by atoms with E-state index in [9.17, 15) is 19.1 Å². The molecule has 0 bridgehead atoms. The standard InChI is InChI=1S/C20H21FN6O3/c1-12-9-26-11-17(22-8-18(26)23-12)19(28)24-16-4-3-14(7-15(16)21)25-5-6-27(20(29)30)13(2)10-25/h3-4,7-9,11,13H,5-6,10H2,1-2H3,(H,24,28)(H,29,30)/t13-/m1/s1. The maximum Gasteiger partial charge on any atom is 0.407 e. The van der Waals surface area contributed by atoms with Crippen LogP contribution in [-0.4, -0.2) is 62.1 Å². The number of fused-ring (bicyclic) bond motifs is 1. The average molecular weight is 412 g/mol. The molecule has 0 unspecified atom stereocenters. The molecule has 3 aromatic rings. The summed E-state index contributed by atoms with van der Waals surface area (Å²) in [6.07, 6.45) is 3.84. The Balaban J connectivity index is 1.47. The van der Waals surface area contributed by atoms with Crippen molar-refractivity contribution in [3.63, 3.8) is 0 Å². The second kappa shape index (κ2) is 7.62. The Bertz CT molecular complexity index is 1130. The Kier molecular flexibility index (Phi) is 4.98. The van der Waals surface area contributed by atoms with E-state index in [4.69, 9.17) is 0 Å². The summed E-state index contributed by atoms with van der Waals surface area (Å²) in [5.74, 6) is -1.10. The van der Waals surface area contributed by atoms with E-state index < -0.39 is 17.8 Å². The van der Waals surface area contributed by atoms with Gasteiger partial charge in [0, 0.05) is 43.8 Å². The van der Waals surface area contributed by atoms with Crippen LogP contribution in [0.3, 0.4) is 0 Å². The Morgan fingerprint density at radius 1 is 1.27 bits per heavy atom. The van der Waals surface area contributed by atoms with Crippen molar-refractivity contribution in [2.75, 3.05) is 29.9 Å². The van der Waals surface area contributed by atoms with Gasteiger partial charge in [-0.1, -0.05) is 0 Å². The lowest BCUT2D eigenvalue weighted by Gasteiger charge is -2.39. The van der Waals surface area contributed by atoms with E-state index in [1.807, 2.05) is 18.7 Å². The fourth-order valence-corrected chi connectivity index (χ4v) is 3.61. The fourth-order valence-electron chi connectivity index (χ4n) is 3.61. The van der Waals surface area contributed by atoms with Crippen molar-refractivity contribution in [3.8, 4) is 0 Å². The Labute approximate surface area is 171 Å². The lowest BCUT2D eigenvalue weighted by molar-refractivity contribution is 0.102. The first-order valence-corrected chi connectivity index (χ1v) is 9.48. The molecule has 1 saturated heterocycles. The summed E-state index contributed by atoms with van der Waals surface area (Å²) >= 11 is 0. The number of halogens is 1. The van der Waals surface area contributed by atoms with Crippen molar-refractivity contribution in [1.82, 2.24) is 19.3 Å². The summed E-state index contributed by atoms with van der Waals surface area (Å²) in [4.78, 5) is 35.3. The van der Waals surface area contributed by atoms with Gasteiger partial charge >= 0.3 is 6.09 Å². The first kappa shape index (κ1) is 19.6. The van der Waals surface area contributed by atoms with E-state index in [0.717, 1.165) is 5.69 Å². The summed E-state index contributed by atoms with van der Waals surface area (Å²) < 4.78 is 16.3. The number of aryl methyl sites for hydroxylation is 1. The molecule has 4 rings (SSSR count). The molecule has 0 aliphatic carbocycles. The minimum absolute atomic E-state index is 0.0460. The maximum absolute atomic E-state index is 14.7. The highest BCUT2D eigenvalue weighted by molar-refractivity contribution is 6.02. The zero-order valence-electron chi connectivity index (χ0n) is 16.5. The number of carbonyl (C=O) groups is 2. The molecule has 156 valence electrons. The molecule has 2 aromatic heterocycles. The lowest BCUT2D eigenvalue weighted by Crippen LogP contribution is -2.53. The van der Waals surface area contributed by atoms with E-state index in [2.05, 4.69) is 15.3 Å². The van der Waals surface area contributed by atoms with Gasteiger partial charge in [-0.25, -0.2) is 19.2 Å². The van der Waals surface area contributed by atoms with Gasteiger partial charge in [0.2, 0.25) is 0 Å². The van der Waals surface area contributed by atoms with Gasteiger partial charge in [-0.05, 0) is 32.0 Å². The van der Waals surface area contributed by atoms with Crippen LogP contribution < -0.4 is 10.2 Å². The number of rotatable bonds is 3. The van der Waals surface area contributed by atoms with Crippen LogP contribution >= 0.6 is 0 Å². The van der Waals surface area contributed by atoms with E-state index in [1.54, 1.807) is 22.9 Å². The first-order chi connectivity index (χ1) is 14.3. The van der Waals surface area contributed by atoms with Gasteiger partial charge in [0.1, 0.15) is 11.5 Å². The van der Waals surface area contributed by atoms with Gasteiger partial charge in [-0.2, -0.15) is 0 Å². The molecule has 30 heavy (non-hydrogen) atoms. The molecule has 1 aromatic carbocycles. The number of benzene rings is 1. The quantitative estimate of drug-likeness (QED) is 0.686. The van der Waals surface area contributed by atoms with E-state index in [-0.39, 0.29) is 17.4 Å². The maximum atomic E-state index is 14.7. The second-order valence-electron chi connectivity index (χ2n) is 7.31. The molecule has 1 atom stereocenters. The van der Waals surface area contributed by atoms with Crippen LogP contribution in [0.2, 0.25) is 0 Å². The molecule has 3 heterocycles. The predicted octanol–water partition coefficient (Wildman–Crippen LogP) is 2.62. The van der Waals surface area contributed by atoms with E-state index in [0.29, 0.717) is 31.0 Å². The SMILES string of the molecule is Cc1cn2cc(C(=O)Nc3ccc(N4CCN(C(=O)O)[C@H](C)C4)cc3F)ncc2n1. The minimum atomic E-state index is -0.955. The Morgan fingerprint density at radius 3 is 2.77 bits per heavy atom. The number of amides is 2. The van der Waals surface area contributed by atoms with Gasteiger partial charge < -0.3 is 24.6 Å². The van der Waals surface area contributed by atoms with Crippen molar-refractivity contribution in [3.05, 3.63) is 54.0 Å². The first-order valence-electron chi connectivity index (χ1n) is 9.48. The highest BCUT2D eigenvalue weighted by Gasteiger charge is 2.27. The predicted molar refractivity (Wildman–Crippen MR) is 108 cm³/mol. The Morgan fingerprint density at radius 2 is 2.07 bits per heavy atom. The van der Waals surface area contributed by atoms with E-state index in [1.165, 1.54) is 23.2 Å². The summed E-state index contributed by atoms with van der Waals surface area (Å²) in [7, 11) is 0. The third-order valence-corrected chi connectivity index (χ3v) is 5.13. The number of carboxylic acid groups (broad SMARTS) is 1. The topological polar surface area (TPSA) is 103 Å². The number of piperazine rings is 1. The van der Waals surface area contributed by atoms with Crippen molar-refractivity contribution < 1.29 is 19.1 Å². The largest absolute Gasteiger partial charge is 0.465 e. The second-order valence-corrected chi connectivity index (χ2v) is 7.31. The molecule has 2 amide bonds. The monoisotopic (exact) mass is 412 g/mol. The molecular weight excluding hydrogens is 391 g/mol. The van der Waals surface area contributed by atoms with Crippen LogP contribution in [0.1, 0.15) is 23.1 Å². The lowest BCUT2D eigenvalue weighted by atomic mass is 10.1. The summed E-state index contributed by atoms with van der Waals surface area (Å²) in [6, 6.07) is 4.34. The number of nitrogens with one attached hydrogen (secondary N) is 1. The molecule has 0 radical (unpaired) electrons. The third kappa shape index (κ3) is 3.76. The van der Waals surface area contributed by atoms with Crippen molar-refractivity contribution >= 4 is 29.0 Å². The van der Waals surface area contributed by atoms with Gasteiger partial charge in [0.15, 0.2) is 5.65 Å². The number of imidazole rings is 1. The summed E-state index contributed by atoms with van der Waals surface area (Å²) in [5, 5.41) is 11.7. The summed E-state index contributed by atoms with van der Waals surface area (Å²) in [6.45, 7) is 4.93. The molecule has 9 nitrogen and oxygen atoms in total. The van der Waals surface area contributed by atoms with Crippen LogP contribution in [0.25, 0.3) is 5.65 Å². The van der Waals surface area contributed by atoms with Gasteiger partial charge in [0.25, 0.3) is 5.91 Å². The molecule has 10 heteroatoms. The Hall–Kier alpha value is -3.69. The third-order valence-electron chi connectivity index (χ3n) is 5.13. The molecule has 1 aliphatic heterocycles. The molecular formula is C20H21FN6O3. The number of nitrogens with zero attached hydrogens (tertiary/aromatic N) is 5. The fraction of sp³-hybridized carbons (Fsp3) is 0.300. The smallest absolute Gasteiger partial charge is 0.407 e. The van der Waals surface area contributed by atoms with Crippen molar-refractivity contribution in [2.45, 2.75) is 19.9 Å². The molecule has 2 N–H and O–H groups in total. The van der Waals surface area contributed by atoms with Crippen LogP contribution in [-0.2, 0) is 0 Å². The van der Waals surface area contributed by atoms with Gasteiger partial charge in [-0.15, -0.1) is 0 Å². The molecule has 1 fully saturated rings. The van der Waals surface area contributed by atoms with Crippen LogP contribution in [0.15, 0.2) is 36.8 Å². The number of hydrogen-bond acceptors (Lipinski definition) is 5.